The van der Waals surface area contributed by atoms with Gasteiger partial charge in [0.1, 0.15) is 5.75 Å². The summed E-state index contributed by atoms with van der Waals surface area (Å²) in [6, 6.07) is 6.72. The van der Waals surface area contributed by atoms with Crippen LogP contribution >= 0.6 is 0 Å². The minimum atomic E-state index is 0.404. The molecule has 0 spiro atoms. The molecule has 0 aliphatic carbocycles. The van der Waals surface area contributed by atoms with Crippen molar-refractivity contribution in [2.24, 2.45) is 0 Å². The van der Waals surface area contributed by atoms with E-state index < -0.39 is 0 Å². The van der Waals surface area contributed by atoms with Crippen molar-refractivity contribution in [3.05, 3.63) is 29.3 Å². The van der Waals surface area contributed by atoms with Gasteiger partial charge < -0.3 is 14.8 Å². The summed E-state index contributed by atoms with van der Waals surface area (Å²) in [5.41, 5.74) is 2.65. The number of hydrogen-bond donors (Lipinski definition) is 1. The molecule has 1 aromatic rings. The zero-order chi connectivity index (χ0) is 14.1. The molecule has 0 bridgehead atoms. The fraction of sp³-hybridized carbons (Fsp3) is 0.625. The third-order valence-corrected chi connectivity index (χ3v) is 3.33. The van der Waals surface area contributed by atoms with E-state index in [1.54, 1.807) is 14.2 Å². The van der Waals surface area contributed by atoms with Crippen molar-refractivity contribution in [1.82, 2.24) is 5.32 Å². The van der Waals surface area contributed by atoms with Crippen molar-refractivity contribution >= 4 is 0 Å². The Hall–Kier alpha value is -1.06. The lowest BCUT2D eigenvalue weighted by Gasteiger charge is -2.21. The summed E-state index contributed by atoms with van der Waals surface area (Å²) in [6.07, 6.45) is 3.32. The fourth-order valence-electron chi connectivity index (χ4n) is 2.28. The first-order valence-electron chi connectivity index (χ1n) is 7.09. The van der Waals surface area contributed by atoms with Gasteiger partial charge in [0, 0.05) is 19.8 Å². The number of hydrogen-bond acceptors (Lipinski definition) is 3. The first-order valence-corrected chi connectivity index (χ1v) is 7.09. The van der Waals surface area contributed by atoms with Gasteiger partial charge in [0.05, 0.1) is 7.11 Å². The van der Waals surface area contributed by atoms with E-state index in [1.165, 1.54) is 11.1 Å². The molecule has 0 fully saturated rings. The van der Waals surface area contributed by atoms with Crippen molar-refractivity contribution in [2.45, 2.75) is 39.2 Å². The number of nitrogens with one attached hydrogen (secondary N) is 1. The molecule has 0 saturated heterocycles. The van der Waals surface area contributed by atoms with Gasteiger partial charge >= 0.3 is 0 Å². The van der Waals surface area contributed by atoms with Crippen molar-refractivity contribution in [3.63, 3.8) is 0 Å². The molecule has 108 valence electrons. The number of rotatable bonds is 9. The Labute approximate surface area is 117 Å². The highest BCUT2D eigenvalue weighted by atomic mass is 16.5. The van der Waals surface area contributed by atoms with Crippen molar-refractivity contribution in [3.8, 4) is 5.75 Å². The molecule has 19 heavy (non-hydrogen) atoms. The Kier molecular flexibility index (Phi) is 7.53. The van der Waals surface area contributed by atoms with Crippen molar-refractivity contribution in [1.29, 1.82) is 0 Å². The minimum Gasteiger partial charge on any atom is -0.497 e. The molecule has 1 unspecified atom stereocenters. The SMILES string of the molecule is CCCNC(CCCOC)c1ccc(OC)cc1C. The average Bonchev–Trinajstić information content (AvgIpc) is 2.43. The summed E-state index contributed by atoms with van der Waals surface area (Å²) >= 11 is 0. The lowest BCUT2D eigenvalue weighted by Crippen LogP contribution is -2.23. The predicted molar refractivity (Wildman–Crippen MR) is 79.9 cm³/mol. The van der Waals surface area contributed by atoms with Gasteiger partial charge in [-0.25, -0.2) is 0 Å². The van der Waals surface area contributed by atoms with Crippen LogP contribution in [0.4, 0.5) is 0 Å². The molecule has 0 heterocycles. The molecule has 0 radical (unpaired) electrons. The number of methoxy groups -OCH3 is 2. The molecular weight excluding hydrogens is 238 g/mol. The zero-order valence-electron chi connectivity index (χ0n) is 12.7. The molecule has 0 aliphatic rings. The van der Waals surface area contributed by atoms with Crippen LogP contribution in [0.2, 0.25) is 0 Å². The van der Waals surface area contributed by atoms with E-state index in [-0.39, 0.29) is 0 Å². The monoisotopic (exact) mass is 265 g/mol. The van der Waals surface area contributed by atoms with Crippen molar-refractivity contribution < 1.29 is 9.47 Å². The first-order chi connectivity index (χ1) is 9.22. The average molecular weight is 265 g/mol. The minimum absolute atomic E-state index is 0.404. The molecule has 1 atom stereocenters. The van der Waals surface area contributed by atoms with E-state index >= 15 is 0 Å². The maximum atomic E-state index is 5.27. The fourth-order valence-corrected chi connectivity index (χ4v) is 2.28. The molecule has 3 nitrogen and oxygen atoms in total. The lowest BCUT2D eigenvalue weighted by molar-refractivity contribution is 0.188. The first kappa shape index (κ1) is 16.0. The van der Waals surface area contributed by atoms with Gasteiger partial charge in [-0.1, -0.05) is 13.0 Å². The van der Waals surface area contributed by atoms with Gasteiger partial charge in [0.2, 0.25) is 0 Å². The number of benzene rings is 1. The molecule has 0 aliphatic heterocycles. The topological polar surface area (TPSA) is 30.5 Å². The van der Waals surface area contributed by atoms with E-state index in [0.717, 1.165) is 38.2 Å². The molecule has 3 heteroatoms. The van der Waals surface area contributed by atoms with Gasteiger partial charge in [0.15, 0.2) is 0 Å². The Morgan fingerprint density at radius 3 is 2.63 bits per heavy atom. The van der Waals surface area contributed by atoms with Gasteiger partial charge in [-0.15, -0.1) is 0 Å². The van der Waals surface area contributed by atoms with Crippen LogP contribution in [0.3, 0.4) is 0 Å². The smallest absolute Gasteiger partial charge is 0.119 e. The third-order valence-electron chi connectivity index (χ3n) is 3.33. The van der Waals surface area contributed by atoms with Gasteiger partial charge in [-0.2, -0.15) is 0 Å². The van der Waals surface area contributed by atoms with Crippen LogP contribution in [-0.4, -0.2) is 27.4 Å². The summed E-state index contributed by atoms with van der Waals surface area (Å²) in [5, 5.41) is 3.63. The van der Waals surface area contributed by atoms with E-state index in [4.69, 9.17) is 9.47 Å². The summed E-state index contributed by atoms with van der Waals surface area (Å²) < 4.78 is 10.4. The van der Waals surface area contributed by atoms with Crippen LogP contribution in [0.1, 0.15) is 43.4 Å². The lowest BCUT2D eigenvalue weighted by atomic mass is 9.97. The number of ether oxygens (including phenoxy) is 2. The highest BCUT2D eigenvalue weighted by Crippen LogP contribution is 2.25. The Morgan fingerprint density at radius 1 is 1.26 bits per heavy atom. The Bertz CT molecular complexity index is 366. The van der Waals surface area contributed by atoms with Crippen LogP contribution in [0.25, 0.3) is 0 Å². The maximum Gasteiger partial charge on any atom is 0.119 e. The Morgan fingerprint density at radius 2 is 2.05 bits per heavy atom. The highest BCUT2D eigenvalue weighted by molar-refractivity contribution is 5.36. The third kappa shape index (κ3) is 5.21. The molecule has 1 rings (SSSR count). The molecule has 0 aromatic heterocycles. The van der Waals surface area contributed by atoms with Crippen LogP contribution in [0.15, 0.2) is 18.2 Å². The van der Waals surface area contributed by atoms with Gasteiger partial charge in [-0.3, -0.25) is 0 Å². The summed E-state index contributed by atoms with van der Waals surface area (Å²) in [5.74, 6) is 0.924. The van der Waals surface area contributed by atoms with E-state index in [9.17, 15) is 0 Å². The molecule has 0 amide bonds. The normalized spacial score (nSPS) is 12.4. The second kappa shape index (κ2) is 8.94. The molecule has 1 aromatic carbocycles. The predicted octanol–water partition coefficient (Wildman–Crippen LogP) is 3.47. The van der Waals surface area contributed by atoms with Crippen molar-refractivity contribution in [2.75, 3.05) is 27.4 Å². The maximum absolute atomic E-state index is 5.27. The largest absolute Gasteiger partial charge is 0.497 e. The van der Waals surface area contributed by atoms with Crippen LogP contribution in [-0.2, 0) is 4.74 Å². The molecule has 0 saturated carbocycles. The van der Waals surface area contributed by atoms with Gasteiger partial charge in [-0.05, 0) is 56.0 Å². The van der Waals surface area contributed by atoms with Crippen LogP contribution in [0.5, 0.6) is 5.75 Å². The van der Waals surface area contributed by atoms with Gasteiger partial charge in [0.25, 0.3) is 0 Å². The van der Waals surface area contributed by atoms with Crippen LogP contribution < -0.4 is 10.1 Å². The standard InChI is InChI=1S/C16H27NO2/c1-5-10-17-16(7-6-11-18-3)15-9-8-14(19-4)12-13(15)2/h8-9,12,16-17H,5-7,10-11H2,1-4H3. The van der Waals surface area contributed by atoms with E-state index in [0.29, 0.717) is 6.04 Å². The zero-order valence-corrected chi connectivity index (χ0v) is 12.7. The highest BCUT2D eigenvalue weighted by Gasteiger charge is 2.13. The van der Waals surface area contributed by atoms with Crippen LogP contribution in [0, 0.1) is 6.92 Å². The second-order valence-corrected chi connectivity index (χ2v) is 4.86. The summed E-state index contributed by atoms with van der Waals surface area (Å²) in [6.45, 7) is 6.21. The number of aryl methyl sites for hydroxylation is 1. The second-order valence-electron chi connectivity index (χ2n) is 4.86. The summed E-state index contributed by atoms with van der Waals surface area (Å²) in [7, 11) is 3.47. The van der Waals surface area contributed by atoms with E-state index in [1.807, 2.05) is 6.07 Å². The molecule has 1 N–H and O–H groups in total. The van der Waals surface area contributed by atoms with E-state index in [2.05, 4.69) is 31.3 Å². The Balaban J connectivity index is 2.77. The molecular formula is C16H27NO2. The summed E-state index contributed by atoms with van der Waals surface area (Å²) in [4.78, 5) is 0. The quantitative estimate of drug-likeness (QED) is 0.693.